The molecule has 3 fully saturated rings. The molecular formula is C32H45N3O5. The van der Waals surface area contributed by atoms with Gasteiger partial charge in [0.25, 0.3) is 0 Å². The third-order valence-electron chi connectivity index (χ3n) is 9.36. The third-order valence-corrected chi connectivity index (χ3v) is 9.36. The first-order valence-electron chi connectivity index (χ1n) is 14.6. The number of nitrogens with zero attached hydrogens (tertiary/aromatic N) is 3. The van der Waals surface area contributed by atoms with Crippen molar-refractivity contribution in [2.45, 2.75) is 76.7 Å². The van der Waals surface area contributed by atoms with Crippen LogP contribution in [0.25, 0.3) is 0 Å². The van der Waals surface area contributed by atoms with Gasteiger partial charge in [-0.2, -0.15) is 0 Å². The SMILES string of the molecule is C=CCN(C(=O)[C@H]1[C@H]2C(=O)N(CCCO)C(C(=O)N(CC=C)C(C)CCC)C23CC(C)[C@]1(C)O3)c1ccccc1. The normalized spacial score (nSPS) is 31.1. The molecule has 4 rings (SSSR count). The van der Waals surface area contributed by atoms with Gasteiger partial charge in [-0.05, 0) is 51.2 Å². The van der Waals surface area contributed by atoms with Crippen molar-refractivity contribution in [3.05, 3.63) is 55.6 Å². The van der Waals surface area contributed by atoms with Gasteiger partial charge in [0.05, 0.1) is 17.4 Å². The van der Waals surface area contributed by atoms with Crippen LogP contribution in [0.15, 0.2) is 55.6 Å². The van der Waals surface area contributed by atoms with E-state index in [1.807, 2.05) is 44.2 Å². The number of anilines is 1. The van der Waals surface area contributed by atoms with Crippen molar-refractivity contribution < 1.29 is 24.2 Å². The first kappa shape index (κ1) is 30.0. The fourth-order valence-corrected chi connectivity index (χ4v) is 7.46. The zero-order valence-corrected chi connectivity index (χ0v) is 24.4. The van der Waals surface area contributed by atoms with Crippen LogP contribution in [0.1, 0.15) is 53.4 Å². The Morgan fingerprint density at radius 1 is 1.20 bits per heavy atom. The van der Waals surface area contributed by atoms with E-state index < -0.39 is 29.1 Å². The molecule has 218 valence electrons. The van der Waals surface area contributed by atoms with Gasteiger partial charge in [-0.3, -0.25) is 14.4 Å². The average molecular weight is 552 g/mol. The molecular weight excluding hydrogens is 506 g/mol. The lowest BCUT2D eigenvalue weighted by atomic mass is 9.62. The van der Waals surface area contributed by atoms with E-state index in [4.69, 9.17) is 4.74 Å². The number of likely N-dealkylation sites (tertiary alicyclic amines) is 1. The first-order valence-corrected chi connectivity index (χ1v) is 14.6. The number of ether oxygens (including phenoxy) is 1. The molecule has 8 nitrogen and oxygen atoms in total. The standard InChI is InChI=1S/C32H45N3O5/c1-7-14-23(5)33(17-8-2)30(39)27-32-21-22(4)31(6,40-32)25(26(32)29(38)35(27)19-13-20-36)28(37)34(18-9-3)24-15-11-10-12-16-24/h8-12,15-16,22-23,25-27,36H,2-3,7,13-14,17-21H2,1,4-6H3/t22?,23?,25-,26+,27?,31+,32?/m1/s1. The number of benzene rings is 1. The lowest BCUT2D eigenvalue weighted by molar-refractivity contribution is -0.153. The van der Waals surface area contributed by atoms with Gasteiger partial charge < -0.3 is 24.5 Å². The molecule has 7 atom stereocenters. The molecule has 1 spiro atoms. The molecule has 0 saturated carbocycles. The van der Waals surface area contributed by atoms with E-state index >= 15 is 0 Å². The van der Waals surface area contributed by atoms with Crippen molar-refractivity contribution in [3.63, 3.8) is 0 Å². The fourth-order valence-electron chi connectivity index (χ4n) is 7.46. The van der Waals surface area contributed by atoms with Crippen molar-refractivity contribution in [1.29, 1.82) is 0 Å². The number of rotatable bonds is 13. The molecule has 40 heavy (non-hydrogen) atoms. The van der Waals surface area contributed by atoms with E-state index in [0.29, 0.717) is 19.4 Å². The van der Waals surface area contributed by atoms with Crippen molar-refractivity contribution in [1.82, 2.24) is 9.80 Å². The summed E-state index contributed by atoms with van der Waals surface area (Å²) in [5, 5.41) is 9.66. The highest BCUT2D eigenvalue weighted by atomic mass is 16.5. The summed E-state index contributed by atoms with van der Waals surface area (Å²) in [6.45, 7) is 16.6. The van der Waals surface area contributed by atoms with Gasteiger partial charge in [0, 0.05) is 38.0 Å². The van der Waals surface area contributed by atoms with Crippen molar-refractivity contribution in [3.8, 4) is 0 Å². The Bertz CT molecular complexity index is 1120. The van der Waals surface area contributed by atoms with Crippen LogP contribution < -0.4 is 4.90 Å². The first-order chi connectivity index (χ1) is 19.1. The Hall–Kier alpha value is -2.97. The molecule has 3 heterocycles. The van der Waals surface area contributed by atoms with Gasteiger partial charge in [0.15, 0.2) is 0 Å². The maximum atomic E-state index is 14.5. The molecule has 3 amide bonds. The van der Waals surface area contributed by atoms with E-state index in [2.05, 4.69) is 27.0 Å². The van der Waals surface area contributed by atoms with Crippen LogP contribution in [-0.2, 0) is 19.1 Å². The summed E-state index contributed by atoms with van der Waals surface area (Å²) in [6.07, 6.45) is 5.96. The smallest absolute Gasteiger partial charge is 0.248 e. The quantitative estimate of drug-likeness (QED) is 0.377. The molecule has 3 aliphatic rings. The zero-order chi connectivity index (χ0) is 29.2. The van der Waals surface area contributed by atoms with Gasteiger partial charge >= 0.3 is 0 Å². The molecule has 1 aromatic carbocycles. The maximum Gasteiger partial charge on any atom is 0.248 e. The highest BCUT2D eigenvalue weighted by Gasteiger charge is 2.80. The minimum Gasteiger partial charge on any atom is -0.396 e. The summed E-state index contributed by atoms with van der Waals surface area (Å²) >= 11 is 0. The second kappa shape index (κ2) is 11.9. The predicted octanol–water partition coefficient (Wildman–Crippen LogP) is 3.80. The highest BCUT2D eigenvalue weighted by Crippen LogP contribution is 2.65. The summed E-state index contributed by atoms with van der Waals surface area (Å²) in [7, 11) is 0. The number of carbonyl (C=O) groups is 3. The minimum absolute atomic E-state index is 0.0500. The molecule has 1 N–H and O–H groups in total. The largest absolute Gasteiger partial charge is 0.396 e. The summed E-state index contributed by atoms with van der Waals surface area (Å²) in [5.41, 5.74) is -1.31. The van der Waals surface area contributed by atoms with Crippen LogP contribution in [-0.4, -0.2) is 82.2 Å². The van der Waals surface area contributed by atoms with Crippen LogP contribution in [0, 0.1) is 17.8 Å². The second-order valence-electron chi connectivity index (χ2n) is 11.8. The van der Waals surface area contributed by atoms with Crippen molar-refractivity contribution >= 4 is 23.4 Å². The van der Waals surface area contributed by atoms with Gasteiger partial charge in [-0.15, -0.1) is 13.2 Å². The van der Waals surface area contributed by atoms with Crippen molar-refractivity contribution in [2.24, 2.45) is 17.8 Å². The van der Waals surface area contributed by atoms with Crippen LogP contribution in [0.2, 0.25) is 0 Å². The summed E-state index contributed by atoms with van der Waals surface area (Å²) in [4.78, 5) is 48.3. The highest BCUT2D eigenvalue weighted by molar-refractivity contribution is 6.03. The second-order valence-corrected chi connectivity index (χ2v) is 11.8. The van der Waals surface area contributed by atoms with Crippen LogP contribution in [0.5, 0.6) is 0 Å². The average Bonchev–Trinajstić information content (AvgIpc) is 3.45. The molecule has 4 unspecified atom stereocenters. The number of carbonyl (C=O) groups excluding carboxylic acids is 3. The zero-order valence-electron chi connectivity index (χ0n) is 24.4. The number of aliphatic hydroxyl groups is 1. The van der Waals surface area contributed by atoms with Gasteiger partial charge in [-0.25, -0.2) is 0 Å². The summed E-state index contributed by atoms with van der Waals surface area (Å²) < 4.78 is 6.89. The summed E-state index contributed by atoms with van der Waals surface area (Å²) in [5.74, 6) is -2.23. The molecule has 0 radical (unpaired) electrons. The van der Waals surface area contributed by atoms with Crippen LogP contribution in [0.3, 0.4) is 0 Å². The molecule has 8 heteroatoms. The van der Waals surface area contributed by atoms with Crippen LogP contribution in [0.4, 0.5) is 5.69 Å². The molecule has 3 aliphatic heterocycles. The number of para-hydroxylation sites is 1. The summed E-state index contributed by atoms with van der Waals surface area (Å²) in [6, 6.07) is 8.46. The predicted molar refractivity (Wildman–Crippen MR) is 155 cm³/mol. The van der Waals surface area contributed by atoms with Gasteiger partial charge in [0.1, 0.15) is 11.6 Å². The number of aliphatic hydroxyl groups excluding tert-OH is 1. The van der Waals surface area contributed by atoms with Gasteiger partial charge in [0.2, 0.25) is 17.7 Å². The van der Waals surface area contributed by atoms with E-state index in [-0.39, 0.29) is 49.4 Å². The molecule has 1 aromatic rings. The molecule has 0 aliphatic carbocycles. The number of fused-ring (bicyclic) bond motifs is 1. The van der Waals surface area contributed by atoms with Crippen LogP contribution >= 0.6 is 0 Å². The fraction of sp³-hybridized carbons (Fsp3) is 0.594. The van der Waals surface area contributed by atoms with Crippen molar-refractivity contribution in [2.75, 3.05) is 31.1 Å². The monoisotopic (exact) mass is 551 g/mol. The lowest BCUT2D eigenvalue weighted by Crippen LogP contribution is -2.58. The Morgan fingerprint density at radius 3 is 2.48 bits per heavy atom. The maximum absolute atomic E-state index is 14.5. The number of amides is 3. The Labute approximate surface area is 238 Å². The van der Waals surface area contributed by atoms with E-state index in [1.54, 1.807) is 26.9 Å². The molecule has 0 aromatic heterocycles. The van der Waals surface area contributed by atoms with Gasteiger partial charge in [-0.1, -0.05) is 50.6 Å². The molecule has 2 bridgehead atoms. The third kappa shape index (κ3) is 4.69. The number of hydrogen-bond donors (Lipinski definition) is 1. The topological polar surface area (TPSA) is 90.4 Å². The lowest BCUT2D eigenvalue weighted by Gasteiger charge is -2.39. The minimum atomic E-state index is -1.12. The molecule has 3 saturated heterocycles. The van der Waals surface area contributed by atoms with E-state index in [1.165, 1.54) is 0 Å². The van der Waals surface area contributed by atoms with E-state index in [0.717, 1.165) is 18.5 Å². The Balaban J connectivity index is 1.82. The Morgan fingerprint density at radius 2 is 1.88 bits per heavy atom. The number of hydrogen-bond acceptors (Lipinski definition) is 5. The Kier molecular flexibility index (Phi) is 8.90. The van der Waals surface area contributed by atoms with E-state index in [9.17, 15) is 19.5 Å².